The molecule has 1 N–H and O–H groups in total. The highest BCUT2D eigenvalue weighted by Crippen LogP contribution is 2.31. The fraction of sp³-hybridized carbons (Fsp3) is 0.182. The molecule has 1 heterocycles. The fourth-order valence-electron chi connectivity index (χ4n) is 1.43. The number of aromatic nitrogens is 2. The van der Waals surface area contributed by atoms with Gasteiger partial charge in [0.05, 0.1) is 5.69 Å². The molecule has 3 nitrogen and oxygen atoms in total. The molecule has 4 heteroatoms. The maximum atomic E-state index is 9.84. The molecule has 0 saturated heterocycles. The Kier molecular flexibility index (Phi) is 2.40. The molecule has 1 aromatic carbocycles. The van der Waals surface area contributed by atoms with E-state index in [4.69, 9.17) is 11.6 Å². The van der Waals surface area contributed by atoms with Crippen LogP contribution in [0.15, 0.2) is 24.3 Å². The molecule has 0 fully saturated rings. The zero-order chi connectivity index (χ0) is 11.0. The molecule has 1 aromatic heterocycles. The van der Waals surface area contributed by atoms with Gasteiger partial charge < -0.3 is 5.11 Å². The minimum absolute atomic E-state index is 0.208. The Morgan fingerprint density at radius 3 is 2.67 bits per heavy atom. The summed E-state index contributed by atoms with van der Waals surface area (Å²) in [5.74, 6) is 0.208. The molecule has 2 aromatic rings. The van der Waals surface area contributed by atoms with Crippen LogP contribution in [0.4, 0.5) is 0 Å². The van der Waals surface area contributed by atoms with E-state index in [-0.39, 0.29) is 5.75 Å². The molecular weight excluding hydrogens is 212 g/mol. The van der Waals surface area contributed by atoms with Crippen LogP contribution < -0.4 is 0 Å². The van der Waals surface area contributed by atoms with Crippen LogP contribution in [0.2, 0.25) is 5.02 Å². The van der Waals surface area contributed by atoms with E-state index in [1.54, 1.807) is 23.9 Å². The molecule has 0 saturated carbocycles. The van der Waals surface area contributed by atoms with Gasteiger partial charge in [-0.3, -0.25) is 4.68 Å². The average molecular weight is 223 g/mol. The number of aromatic hydroxyl groups is 1. The van der Waals surface area contributed by atoms with Crippen LogP contribution in [0.1, 0.15) is 5.69 Å². The second-order valence-corrected chi connectivity index (χ2v) is 3.85. The normalized spacial score (nSPS) is 10.6. The van der Waals surface area contributed by atoms with Crippen molar-refractivity contribution in [1.29, 1.82) is 0 Å². The molecule has 15 heavy (non-hydrogen) atoms. The lowest BCUT2D eigenvalue weighted by Gasteiger charge is -1.97. The predicted molar refractivity (Wildman–Crippen MR) is 60.1 cm³/mol. The summed E-state index contributed by atoms with van der Waals surface area (Å²) in [4.78, 5) is 0. The van der Waals surface area contributed by atoms with Gasteiger partial charge in [0, 0.05) is 17.6 Å². The first-order chi connectivity index (χ1) is 7.09. The number of halogens is 1. The Hall–Kier alpha value is -1.48. The summed E-state index contributed by atoms with van der Waals surface area (Å²) in [5, 5.41) is 14.7. The maximum absolute atomic E-state index is 9.84. The van der Waals surface area contributed by atoms with Gasteiger partial charge in [0.15, 0.2) is 5.75 Å². The van der Waals surface area contributed by atoms with E-state index < -0.39 is 0 Å². The Morgan fingerprint density at radius 1 is 1.40 bits per heavy atom. The lowest BCUT2D eigenvalue weighted by Crippen LogP contribution is -1.92. The van der Waals surface area contributed by atoms with Crippen LogP contribution in [-0.4, -0.2) is 14.9 Å². The minimum Gasteiger partial charge on any atom is -0.504 e. The van der Waals surface area contributed by atoms with Crippen molar-refractivity contribution in [3.8, 4) is 17.0 Å². The third-order valence-corrected chi connectivity index (χ3v) is 2.64. The SMILES string of the molecule is Cc1c(O)c(-c2cccc(Cl)c2)nn1C. The summed E-state index contributed by atoms with van der Waals surface area (Å²) in [7, 11) is 1.79. The van der Waals surface area contributed by atoms with E-state index >= 15 is 0 Å². The quantitative estimate of drug-likeness (QED) is 0.806. The van der Waals surface area contributed by atoms with E-state index in [0.717, 1.165) is 11.3 Å². The number of benzene rings is 1. The van der Waals surface area contributed by atoms with Gasteiger partial charge in [0.1, 0.15) is 5.69 Å². The molecule has 0 amide bonds. The van der Waals surface area contributed by atoms with E-state index in [1.165, 1.54) is 0 Å². The lowest BCUT2D eigenvalue weighted by molar-refractivity contribution is 0.471. The van der Waals surface area contributed by atoms with Crippen molar-refractivity contribution in [2.75, 3.05) is 0 Å². The zero-order valence-electron chi connectivity index (χ0n) is 8.53. The van der Waals surface area contributed by atoms with Crippen LogP contribution in [0, 0.1) is 6.92 Å². The second kappa shape index (κ2) is 3.59. The number of rotatable bonds is 1. The van der Waals surface area contributed by atoms with Gasteiger partial charge in [-0.2, -0.15) is 5.10 Å². The number of nitrogens with zero attached hydrogens (tertiary/aromatic N) is 2. The molecule has 0 aliphatic rings. The van der Waals surface area contributed by atoms with Crippen molar-refractivity contribution in [2.45, 2.75) is 6.92 Å². The summed E-state index contributed by atoms with van der Waals surface area (Å²) in [6, 6.07) is 7.27. The standard InChI is InChI=1S/C11H11ClN2O/c1-7-11(15)10(13-14(7)2)8-4-3-5-9(12)6-8/h3-6,15H,1-2H3. The highest BCUT2D eigenvalue weighted by molar-refractivity contribution is 6.30. The molecule has 0 spiro atoms. The number of hydrogen-bond donors (Lipinski definition) is 1. The van der Waals surface area contributed by atoms with Crippen LogP contribution >= 0.6 is 11.6 Å². The molecule has 0 unspecified atom stereocenters. The van der Waals surface area contributed by atoms with Gasteiger partial charge in [-0.25, -0.2) is 0 Å². The van der Waals surface area contributed by atoms with E-state index in [0.29, 0.717) is 10.7 Å². The van der Waals surface area contributed by atoms with Crippen LogP contribution in [0.3, 0.4) is 0 Å². The first-order valence-corrected chi connectivity index (χ1v) is 4.96. The summed E-state index contributed by atoms with van der Waals surface area (Å²) in [6.07, 6.45) is 0. The first kappa shape index (κ1) is 10.1. The van der Waals surface area contributed by atoms with Gasteiger partial charge in [-0.1, -0.05) is 23.7 Å². The summed E-state index contributed by atoms with van der Waals surface area (Å²) in [6.45, 7) is 1.82. The van der Waals surface area contributed by atoms with Crippen molar-refractivity contribution < 1.29 is 5.11 Å². The highest BCUT2D eigenvalue weighted by atomic mass is 35.5. The zero-order valence-corrected chi connectivity index (χ0v) is 9.28. The average Bonchev–Trinajstić information content (AvgIpc) is 2.46. The van der Waals surface area contributed by atoms with Crippen molar-refractivity contribution in [3.05, 3.63) is 35.0 Å². The number of hydrogen-bond acceptors (Lipinski definition) is 2. The molecule has 0 aliphatic heterocycles. The van der Waals surface area contributed by atoms with Gasteiger partial charge >= 0.3 is 0 Å². The van der Waals surface area contributed by atoms with Crippen LogP contribution in [-0.2, 0) is 7.05 Å². The topological polar surface area (TPSA) is 38.1 Å². The number of aryl methyl sites for hydroxylation is 1. The summed E-state index contributed by atoms with van der Waals surface area (Å²) < 4.78 is 1.64. The van der Waals surface area contributed by atoms with E-state index in [2.05, 4.69) is 5.10 Å². The van der Waals surface area contributed by atoms with Crippen molar-refractivity contribution in [3.63, 3.8) is 0 Å². The highest BCUT2D eigenvalue weighted by Gasteiger charge is 2.13. The van der Waals surface area contributed by atoms with Crippen molar-refractivity contribution >= 4 is 11.6 Å². The van der Waals surface area contributed by atoms with Crippen LogP contribution in [0.5, 0.6) is 5.75 Å². The van der Waals surface area contributed by atoms with Crippen LogP contribution in [0.25, 0.3) is 11.3 Å². The Morgan fingerprint density at radius 2 is 2.13 bits per heavy atom. The smallest absolute Gasteiger partial charge is 0.164 e. The van der Waals surface area contributed by atoms with Gasteiger partial charge in [-0.15, -0.1) is 0 Å². The molecule has 78 valence electrons. The summed E-state index contributed by atoms with van der Waals surface area (Å²) in [5.41, 5.74) is 2.13. The van der Waals surface area contributed by atoms with Gasteiger partial charge in [0.2, 0.25) is 0 Å². The largest absolute Gasteiger partial charge is 0.504 e. The molecule has 0 bridgehead atoms. The third-order valence-electron chi connectivity index (χ3n) is 2.40. The Balaban J connectivity index is 2.59. The molecule has 2 rings (SSSR count). The molecule has 0 aliphatic carbocycles. The first-order valence-electron chi connectivity index (χ1n) is 4.58. The minimum atomic E-state index is 0.208. The fourth-order valence-corrected chi connectivity index (χ4v) is 1.62. The van der Waals surface area contributed by atoms with Crippen molar-refractivity contribution in [2.24, 2.45) is 7.05 Å². The van der Waals surface area contributed by atoms with E-state index in [9.17, 15) is 5.11 Å². The van der Waals surface area contributed by atoms with Gasteiger partial charge in [-0.05, 0) is 19.1 Å². The molecule has 0 atom stereocenters. The Bertz CT molecular complexity index is 505. The lowest BCUT2D eigenvalue weighted by atomic mass is 10.1. The molecule has 0 radical (unpaired) electrons. The predicted octanol–water partition coefficient (Wildman–Crippen LogP) is 2.75. The van der Waals surface area contributed by atoms with E-state index in [1.807, 2.05) is 19.1 Å². The van der Waals surface area contributed by atoms with Gasteiger partial charge in [0.25, 0.3) is 0 Å². The maximum Gasteiger partial charge on any atom is 0.164 e. The monoisotopic (exact) mass is 222 g/mol. The Labute approximate surface area is 92.9 Å². The second-order valence-electron chi connectivity index (χ2n) is 3.42. The van der Waals surface area contributed by atoms with Crippen molar-refractivity contribution in [1.82, 2.24) is 9.78 Å². The summed E-state index contributed by atoms with van der Waals surface area (Å²) >= 11 is 5.88. The third kappa shape index (κ3) is 1.70. The molecular formula is C11H11ClN2O.